The molecule has 0 aromatic rings. The van der Waals surface area contributed by atoms with Crippen molar-refractivity contribution in [2.75, 3.05) is 13.2 Å². The quantitative estimate of drug-likeness (QED) is 0.555. The number of hydrogen-bond donors (Lipinski definition) is 1. The summed E-state index contributed by atoms with van der Waals surface area (Å²) in [4.78, 5) is 11.4. The van der Waals surface area contributed by atoms with E-state index in [0.29, 0.717) is 13.2 Å². The summed E-state index contributed by atoms with van der Waals surface area (Å²) in [5.74, 6) is -0.414. The minimum atomic E-state index is -2.98. The van der Waals surface area contributed by atoms with Gasteiger partial charge in [0.2, 0.25) is 0 Å². The molecule has 0 fully saturated rings. The van der Waals surface area contributed by atoms with Crippen LogP contribution in [0.5, 0.6) is 0 Å². The van der Waals surface area contributed by atoms with Crippen molar-refractivity contribution in [2.45, 2.75) is 46.3 Å². The second-order valence-corrected chi connectivity index (χ2v) is 6.45. The molecule has 0 rings (SSSR count). The van der Waals surface area contributed by atoms with E-state index >= 15 is 0 Å². The van der Waals surface area contributed by atoms with E-state index < -0.39 is 19.5 Å². The molecule has 1 N–H and O–H groups in total. The van der Waals surface area contributed by atoms with Gasteiger partial charge in [-0.2, -0.15) is 0 Å². The summed E-state index contributed by atoms with van der Waals surface area (Å²) in [5.41, 5.74) is -0.177. The first-order valence-electron chi connectivity index (χ1n) is 5.56. The van der Waals surface area contributed by atoms with E-state index in [1.807, 2.05) is 0 Å². The number of carbonyl (C=O) groups excluding carboxylic acids is 1. The third-order valence-corrected chi connectivity index (χ3v) is 4.76. The highest BCUT2D eigenvalue weighted by atomic mass is 31.2. The summed E-state index contributed by atoms with van der Waals surface area (Å²) in [7, 11) is -2.98. The van der Waals surface area contributed by atoms with Crippen molar-refractivity contribution in [1.82, 2.24) is 5.09 Å². The monoisotopic (exact) mass is 251 g/mol. The summed E-state index contributed by atoms with van der Waals surface area (Å²) in [6, 6.07) is -0.625. The molecule has 0 aliphatic carbocycles. The lowest BCUT2D eigenvalue weighted by Gasteiger charge is -2.25. The maximum atomic E-state index is 12.3. The first kappa shape index (κ1) is 15.6. The van der Waals surface area contributed by atoms with E-state index in [-0.39, 0.29) is 5.66 Å². The van der Waals surface area contributed by atoms with Crippen molar-refractivity contribution in [3.63, 3.8) is 0 Å². The lowest BCUT2D eigenvalue weighted by molar-refractivity contribution is -0.144. The van der Waals surface area contributed by atoms with Crippen molar-refractivity contribution in [3.05, 3.63) is 0 Å². The van der Waals surface area contributed by atoms with Crippen LogP contribution in [0, 0.1) is 0 Å². The van der Waals surface area contributed by atoms with Crippen molar-refractivity contribution < 1.29 is 18.6 Å². The molecule has 2 atom stereocenters. The van der Waals surface area contributed by atoms with Crippen molar-refractivity contribution in [1.29, 1.82) is 0 Å². The Kier molecular flexibility index (Phi) is 6.88. The maximum Gasteiger partial charge on any atom is 0.323 e. The molecule has 96 valence electrons. The highest BCUT2D eigenvalue weighted by molar-refractivity contribution is 7.57. The molecule has 0 saturated carbocycles. The Morgan fingerprint density at radius 2 is 1.81 bits per heavy atom. The Balaban J connectivity index is 4.52. The lowest BCUT2D eigenvalue weighted by Crippen LogP contribution is -2.35. The minimum Gasteiger partial charge on any atom is -0.465 e. The molecule has 6 heteroatoms. The number of carbonyl (C=O) groups is 1. The van der Waals surface area contributed by atoms with E-state index in [2.05, 4.69) is 5.09 Å². The largest absolute Gasteiger partial charge is 0.465 e. The van der Waals surface area contributed by atoms with E-state index in [1.165, 1.54) is 0 Å². The molecule has 0 saturated heterocycles. The Bertz CT molecular complexity index is 268. The molecule has 0 aliphatic rings. The zero-order valence-electron chi connectivity index (χ0n) is 10.6. The van der Waals surface area contributed by atoms with Crippen LogP contribution in [0.2, 0.25) is 0 Å². The number of hydrogen-bond acceptors (Lipinski definition) is 4. The molecule has 0 bridgehead atoms. The smallest absolute Gasteiger partial charge is 0.323 e. The number of esters is 1. The predicted molar refractivity (Wildman–Crippen MR) is 63.6 cm³/mol. The van der Waals surface area contributed by atoms with Crippen molar-refractivity contribution in [3.8, 4) is 0 Å². The van der Waals surface area contributed by atoms with Gasteiger partial charge in [0.05, 0.1) is 13.2 Å². The van der Waals surface area contributed by atoms with Crippen molar-refractivity contribution in [2.24, 2.45) is 0 Å². The second kappa shape index (κ2) is 7.05. The van der Waals surface area contributed by atoms with Gasteiger partial charge in [0.25, 0.3) is 7.52 Å². The van der Waals surface area contributed by atoms with Crippen LogP contribution in [-0.4, -0.2) is 30.9 Å². The predicted octanol–water partition coefficient (Wildman–Crippen LogP) is 2.17. The van der Waals surface area contributed by atoms with Gasteiger partial charge >= 0.3 is 5.97 Å². The van der Waals surface area contributed by atoms with Crippen LogP contribution < -0.4 is 5.09 Å². The Morgan fingerprint density at radius 1 is 1.25 bits per heavy atom. The van der Waals surface area contributed by atoms with Gasteiger partial charge in [-0.25, -0.2) is 5.09 Å². The molecule has 0 amide bonds. The third-order valence-electron chi connectivity index (χ3n) is 2.01. The standard InChI is InChI=1S/C10H22NO4P/c1-6-14-10(12)9(5)11-16(13,8(3)4)15-7-2/h8-9H,6-7H2,1-5H3,(H,11,13). The average molecular weight is 251 g/mol. The Labute approximate surface area is 97.4 Å². The van der Waals surface area contributed by atoms with Crippen LogP contribution in [0.3, 0.4) is 0 Å². The molecule has 0 aromatic carbocycles. The zero-order valence-corrected chi connectivity index (χ0v) is 11.5. The van der Waals surface area contributed by atoms with Gasteiger partial charge in [0, 0.05) is 5.66 Å². The van der Waals surface area contributed by atoms with Gasteiger partial charge in [0.15, 0.2) is 0 Å². The number of rotatable bonds is 7. The molecule has 0 aliphatic heterocycles. The van der Waals surface area contributed by atoms with E-state index in [9.17, 15) is 9.36 Å². The normalized spacial score (nSPS) is 16.9. The zero-order chi connectivity index (χ0) is 12.8. The van der Waals surface area contributed by atoms with E-state index in [0.717, 1.165) is 0 Å². The van der Waals surface area contributed by atoms with Crippen LogP contribution in [0.15, 0.2) is 0 Å². The summed E-state index contributed by atoms with van der Waals surface area (Å²) < 4.78 is 22.3. The van der Waals surface area contributed by atoms with Crippen LogP contribution in [0.4, 0.5) is 0 Å². The molecule has 0 aromatic heterocycles. The number of nitrogens with one attached hydrogen (secondary N) is 1. The van der Waals surface area contributed by atoms with Crippen molar-refractivity contribution >= 4 is 13.5 Å². The minimum absolute atomic E-state index is 0.177. The molecule has 2 unspecified atom stereocenters. The van der Waals surface area contributed by atoms with Gasteiger partial charge in [-0.15, -0.1) is 0 Å². The van der Waals surface area contributed by atoms with Gasteiger partial charge in [-0.05, 0) is 20.8 Å². The highest BCUT2D eigenvalue weighted by Crippen LogP contribution is 2.47. The number of ether oxygens (including phenoxy) is 1. The Hall–Kier alpha value is -0.380. The van der Waals surface area contributed by atoms with Crippen LogP contribution >= 0.6 is 7.52 Å². The topological polar surface area (TPSA) is 64.6 Å². The molecule has 0 radical (unpaired) electrons. The maximum absolute atomic E-state index is 12.3. The molecular weight excluding hydrogens is 229 g/mol. The summed E-state index contributed by atoms with van der Waals surface area (Å²) in [5, 5.41) is 2.74. The first-order valence-corrected chi connectivity index (χ1v) is 7.25. The van der Waals surface area contributed by atoms with E-state index in [4.69, 9.17) is 9.26 Å². The fourth-order valence-corrected chi connectivity index (χ4v) is 2.82. The molecule has 16 heavy (non-hydrogen) atoms. The van der Waals surface area contributed by atoms with E-state index in [1.54, 1.807) is 34.6 Å². The second-order valence-electron chi connectivity index (χ2n) is 3.71. The molecule has 5 nitrogen and oxygen atoms in total. The summed E-state index contributed by atoms with van der Waals surface area (Å²) >= 11 is 0. The fourth-order valence-electron chi connectivity index (χ4n) is 1.12. The highest BCUT2D eigenvalue weighted by Gasteiger charge is 2.31. The fraction of sp³-hybridized carbons (Fsp3) is 0.900. The molecule has 0 spiro atoms. The van der Waals surface area contributed by atoms with Gasteiger partial charge in [-0.1, -0.05) is 13.8 Å². The van der Waals surface area contributed by atoms with Crippen LogP contribution in [0.25, 0.3) is 0 Å². The van der Waals surface area contributed by atoms with Gasteiger partial charge in [-0.3, -0.25) is 9.36 Å². The Morgan fingerprint density at radius 3 is 2.19 bits per heavy atom. The molecular formula is C10H22NO4P. The lowest BCUT2D eigenvalue weighted by atomic mass is 10.4. The average Bonchev–Trinajstić information content (AvgIpc) is 2.18. The van der Waals surface area contributed by atoms with Crippen LogP contribution in [-0.2, 0) is 18.6 Å². The third kappa shape index (κ3) is 4.64. The van der Waals surface area contributed by atoms with Gasteiger partial charge in [0.1, 0.15) is 6.04 Å². The summed E-state index contributed by atoms with van der Waals surface area (Å²) in [6.45, 7) is 9.36. The van der Waals surface area contributed by atoms with Crippen LogP contribution in [0.1, 0.15) is 34.6 Å². The SMILES string of the molecule is CCOC(=O)C(C)NP(=O)(OCC)C(C)C. The van der Waals surface area contributed by atoms with Gasteiger partial charge < -0.3 is 9.26 Å². The summed E-state index contributed by atoms with van der Waals surface area (Å²) in [6.07, 6.45) is 0. The molecule has 0 heterocycles. The first-order chi connectivity index (χ1) is 7.37.